The van der Waals surface area contributed by atoms with Gasteiger partial charge in [0.25, 0.3) is 5.91 Å². The van der Waals surface area contributed by atoms with E-state index in [0.717, 1.165) is 33.3 Å². The van der Waals surface area contributed by atoms with Crippen LogP contribution in [0.3, 0.4) is 0 Å². The number of alkyl halides is 1. The highest BCUT2D eigenvalue weighted by atomic mass is 19.1. The van der Waals surface area contributed by atoms with Crippen molar-refractivity contribution in [3.05, 3.63) is 120 Å². The van der Waals surface area contributed by atoms with Crippen LogP contribution in [0.15, 0.2) is 97.5 Å². The number of hydrogen-bond donors (Lipinski definition) is 4. The van der Waals surface area contributed by atoms with Crippen LogP contribution in [-0.4, -0.2) is 73.9 Å². The maximum Gasteiger partial charge on any atom is 0.324 e. The summed E-state index contributed by atoms with van der Waals surface area (Å²) in [6.07, 6.45) is 4.28. The first kappa shape index (κ1) is 37.9. The third kappa shape index (κ3) is 9.27. The smallest absolute Gasteiger partial charge is 0.324 e. The Kier molecular flexibility index (Phi) is 11.2. The molecule has 4 heterocycles. The maximum absolute atomic E-state index is 13.5. The van der Waals surface area contributed by atoms with Crippen molar-refractivity contribution in [1.29, 1.82) is 0 Å². The van der Waals surface area contributed by atoms with Crippen molar-refractivity contribution in [2.24, 2.45) is 0 Å². The Morgan fingerprint density at radius 2 is 1.71 bits per heavy atom. The number of rotatable bonds is 12. The van der Waals surface area contributed by atoms with E-state index in [-0.39, 0.29) is 23.6 Å². The Balaban J connectivity index is 0.974. The van der Waals surface area contributed by atoms with Gasteiger partial charge in [-0.25, -0.2) is 28.8 Å². The van der Waals surface area contributed by atoms with Gasteiger partial charge in [-0.1, -0.05) is 62.7 Å². The molecule has 3 aromatic carbocycles. The van der Waals surface area contributed by atoms with Gasteiger partial charge in [0, 0.05) is 54.6 Å². The normalized spacial score (nSPS) is 14.4. The van der Waals surface area contributed by atoms with Crippen molar-refractivity contribution in [3.8, 4) is 11.4 Å². The van der Waals surface area contributed by atoms with E-state index in [1.54, 1.807) is 10.9 Å². The summed E-state index contributed by atoms with van der Waals surface area (Å²) in [5.41, 5.74) is 4.28. The van der Waals surface area contributed by atoms with Crippen molar-refractivity contribution in [2.45, 2.75) is 52.3 Å². The standard InChI is InChI=1S/C42H45FN10O3/c1-27-9-11-30(12-10-27)53-39(22-36(51-53)42(2,3)4)50-41(55)48-33-13-14-35(32-8-6-5-7-31(32)33)56-26-28-15-17-44-37(21-28)49-38-24-46-34(23-47-38)40(54)45-18-20-52-19-16-29(43)25-52/h5-15,17,21-24,29H,16,18-20,25-26H2,1-4H3,(H,45,54)(H,44,47,49)(H2,48,50,55). The third-order valence-electron chi connectivity index (χ3n) is 9.42. The van der Waals surface area contributed by atoms with Crippen LogP contribution in [0, 0.1) is 6.92 Å². The first-order chi connectivity index (χ1) is 27.0. The summed E-state index contributed by atoms with van der Waals surface area (Å²) in [5.74, 6) is 1.82. The van der Waals surface area contributed by atoms with Crippen LogP contribution >= 0.6 is 0 Å². The second-order valence-corrected chi connectivity index (χ2v) is 14.8. The van der Waals surface area contributed by atoms with Crippen LogP contribution in [0.25, 0.3) is 16.5 Å². The lowest BCUT2D eigenvalue weighted by molar-refractivity contribution is 0.0944. The second-order valence-electron chi connectivity index (χ2n) is 14.8. The fourth-order valence-electron chi connectivity index (χ4n) is 6.34. The number of amides is 3. The Morgan fingerprint density at radius 3 is 2.45 bits per heavy atom. The molecule has 1 unspecified atom stereocenters. The first-order valence-electron chi connectivity index (χ1n) is 18.6. The number of nitrogens with one attached hydrogen (secondary N) is 4. The molecule has 13 nitrogen and oxygen atoms in total. The van der Waals surface area contributed by atoms with Crippen molar-refractivity contribution >= 4 is 45.9 Å². The Bertz CT molecular complexity index is 2320. The molecule has 3 aromatic heterocycles. The van der Waals surface area contributed by atoms with E-state index in [4.69, 9.17) is 9.84 Å². The number of carbonyl (C=O) groups is 2. The second kappa shape index (κ2) is 16.5. The summed E-state index contributed by atoms with van der Waals surface area (Å²) in [6, 6.07) is 24.6. The highest BCUT2D eigenvalue weighted by Crippen LogP contribution is 2.33. The summed E-state index contributed by atoms with van der Waals surface area (Å²) >= 11 is 0. The molecule has 6 aromatic rings. The van der Waals surface area contributed by atoms with Gasteiger partial charge in [0.15, 0.2) is 0 Å². The van der Waals surface area contributed by atoms with Crippen molar-refractivity contribution < 1.29 is 18.7 Å². The molecule has 1 aliphatic rings. The molecule has 0 aliphatic carbocycles. The first-order valence-corrected chi connectivity index (χ1v) is 18.6. The molecule has 4 N–H and O–H groups in total. The van der Waals surface area contributed by atoms with E-state index >= 15 is 0 Å². The van der Waals surface area contributed by atoms with Gasteiger partial charge in [0.1, 0.15) is 41.7 Å². The topological polar surface area (TPSA) is 151 Å². The van der Waals surface area contributed by atoms with E-state index in [9.17, 15) is 14.0 Å². The van der Waals surface area contributed by atoms with Gasteiger partial charge in [-0.3, -0.25) is 15.0 Å². The van der Waals surface area contributed by atoms with Crippen LogP contribution in [-0.2, 0) is 12.0 Å². The monoisotopic (exact) mass is 756 g/mol. The van der Waals surface area contributed by atoms with E-state index < -0.39 is 12.2 Å². The number of aromatic nitrogens is 5. The molecule has 0 radical (unpaired) electrons. The number of urea groups is 1. The van der Waals surface area contributed by atoms with Crippen molar-refractivity contribution in [1.82, 2.24) is 34.9 Å². The molecule has 1 saturated heterocycles. The zero-order chi connectivity index (χ0) is 39.2. The summed E-state index contributed by atoms with van der Waals surface area (Å²) in [6.45, 7) is 10.6. The highest BCUT2D eigenvalue weighted by molar-refractivity contribution is 6.07. The van der Waals surface area contributed by atoms with Gasteiger partial charge in [-0.15, -0.1) is 0 Å². The van der Waals surface area contributed by atoms with Crippen LogP contribution < -0.4 is 26.0 Å². The van der Waals surface area contributed by atoms with Gasteiger partial charge in [0.2, 0.25) is 0 Å². The van der Waals surface area contributed by atoms with Gasteiger partial charge in [-0.05, 0) is 55.3 Å². The minimum absolute atomic E-state index is 0.185. The predicted molar refractivity (Wildman–Crippen MR) is 216 cm³/mol. The fraction of sp³-hybridized carbons (Fsp3) is 0.286. The van der Waals surface area contributed by atoms with Crippen LogP contribution in [0.2, 0.25) is 0 Å². The summed E-state index contributed by atoms with van der Waals surface area (Å²) in [4.78, 5) is 40.9. The van der Waals surface area contributed by atoms with Crippen molar-refractivity contribution in [3.63, 3.8) is 0 Å². The molecule has 14 heteroatoms. The summed E-state index contributed by atoms with van der Waals surface area (Å²) < 4.78 is 21.4. The van der Waals surface area contributed by atoms with Gasteiger partial charge >= 0.3 is 6.03 Å². The van der Waals surface area contributed by atoms with E-state index in [2.05, 4.69) is 57.0 Å². The molecular weight excluding hydrogens is 712 g/mol. The van der Waals surface area contributed by atoms with Gasteiger partial charge in [-0.2, -0.15) is 5.10 Å². The molecule has 56 heavy (non-hydrogen) atoms. The molecule has 1 atom stereocenters. The van der Waals surface area contributed by atoms with Gasteiger partial charge < -0.3 is 20.7 Å². The zero-order valence-corrected chi connectivity index (χ0v) is 31.8. The number of nitrogens with zero attached hydrogens (tertiary/aromatic N) is 6. The average Bonchev–Trinajstić information content (AvgIpc) is 3.81. The Labute approximate surface area is 324 Å². The number of hydrogen-bond acceptors (Lipinski definition) is 9. The molecule has 1 aliphatic heterocycles. The minimum atomic E-state index is -0.792. The van der Waals surface area contributed by atoms with Crippen LogP contribution in [0.4, 0.5) is 32.3 Å². The third-order valence-corrected chi connectivity index (χ3v) is 9.42. The number of anilines is 4. The number of benzene rings is 3. The summed E-state index contributed by atoms with van der Waals surface area (Å²) in [7, 11) is 0. The molecule has 0 bridgehead atoms. The molecule has 1 fully saturated rings. The molecular formula is C42H45FN10O3. The Hall–Kier alpha value is -6.41. The van der Waals surface area contributed by atoms with Crippen molar-refractivity contribution in [2.75, 3.05) is 42.1 Å². The lowest BCUT2D eigenvalue weighted by atomic mass is 9.92. The predicted octanol–water partition coefficient (Wildman–Crippen LogP) is 7.56. The largest absolute Gasteiger partial charge is 0.488 e. The van der Waals surface area contributed by atoms with Crippen LogP contribution in [0.5, 0.6) is 5.75 Å². The van der Waals surface area contributed by atoms with E-state index in [1.165, 1.54) is 12.4 Å². The molecule has 288 valence electrons. The van der Waals surface area contributed by atoms with E-state index in [1.807, 2.05) is 90.7 Å². The van der Waals surface area contributed by atoms with E-state index in [0.29, 0.717) is 61.5 Å². The quantitative estimate of drug-likeness (QED) is 0.0992. The fourth-order valence-corrected chi connectivity index (χ4v) is 6.34. The lowest BCUT2D eigenvalue weighted by Crippen LogP contribution is -2.34. The number of fused-ring (bicyclic) bond motifs is 1. The average molecular weight is 757 g/mol. The summed E-state index contributed by atoms with van der Waals surface area (Å²) in [5, 5.41) is 18.4. The number of aryl methyl sites for hydroxylation is 1. The number of pyridine rings is 1. The Morgan fingerprint density at radius 1 is 0.911 bits per heavy atom. The number of carbonyl (C=O) groups excluding carboxylic acids is 2. The number of ether oxygens (including phenoxy) is 1. The number of halogens is 1. The SMILES string of the molecule is Cc1ccc(-n2nc(C(C)(C)C)cc2NC(=O)Nc2ccc(OCc3ccnc(Nc4cnc(C(=O)NCCN5CCC(F)C5)cn4)c3)c3ccccc23)cc1. The molecule has 3 amide bonds. The molecule has 0 saturated carbocycles. The van der Waals surface area contributed by atoms with Crippen LogP contribution in [0.1, 0.15) is 54.5 Å². The highest BCUT2D eigenvalue weighted by Gasteiger charge is 2.23. The molecule has 7 rings (SSSR count). The minimum Gasteiger partial charge on any atom is -0.488 e. The molecule has 0 spiro atoms. The number of likely N-dealkylation sites (tertiary alicyclic amines) is 1. The lowest BCUT2D eigenvalue weighted by Gasteiger charge is -2.15. The zero-order valence-electron chi connectivity index (χ0n) is 31.8. The van der Waals surface area contributed by atoms with Gasteiger partial charge in [0.05, 0.1) is 29.5 Å². The maximum atomic E-state index is 13.5.